The molecule has 0 saturated heterocycles. The quantitative estimate of drug-likeness (QED) is 0.794. The number of hydrogen-bond donors (Lipinski definition) is 0. The van der Waals surface area contributed by atoms with Crippen LogP contribution >= 0.6 is 23.1 Å². The van der Waals surface area contributed by atoms with Crippen molar-refractivity contribution in [1.29, 1.82) is 0 Å². The van der Waals surface area contributed by atoms with Crippen molar-refractivity contribution in [2.45, 2.75) is 23.7 Å². The zero-order valence-electron chi connectivity index (χ0n) is 11.6. The largest absolute Gasteiger partial charge is 0.337 e. The van der Waals surface area contributed by atoms with Crippen LogP contribution in [0.25, 0.3) is 0 Å². The van der Waals surface area contributed by atoms with Crippen LogP contribution in [0.15, 0.2) is 28.3 Å². The molecule has 0 radical (unpaired) electrons. The highest BCUT2D eigenvalue weighted by molar-refractivity contribution is 8.00. The molecular weight excluding hydrogens is 292 g/mol. The second-order valence-electron chi connectivity index (χ2n) is 4.37. The van der Waals surface area contributed by atoms with Crippen LogP contribution in [-0.2, 0) is 6.42 Å². The molecule has 20 heavy (non-hydrogen) atoms. The van der Waals surface area contributed by atoms with E-state index in [0.717, 1.165) is 10.0 Å². The topological polar surface area (TPSA) is 59.0 Å². The predicted molar refractivity (Wildman–Crippen MR) is 81.2 cm³/mol. The van der Waals surface area contributed by atoms with Gasteiger partial charge in [-0.15, -0.1) is 11.3 Å². The van der Waals surface area contributed by atoms with E-state index in [4.69, 9.17) is 0 Å². The minimum Gasteiger partial charge on any atom is -0.337 e. The van der Waals surface area contributed by atoms with Crippen LogP contribution in [0.4, 0.5) is 0 Å². The summed E-state index contributed by atoms with van der Waals surface area (Å²) < 4.78 is 0.906. The second-order valence-corrected chi connectivity index (χ2v) is 6.28. The average Bonchev–Trinajstić information content (AvgIpc) is 2.95. The Hall–Kier alpha value is -1.47. The summed E-state index contributed by atoms with van der Waals surface area (Å²) >= 11 is 3.04. The summed E-state index contributed by atoms with van der Waals surface area (Å²) in [6.45, 7) is 1.99. The van der Waals surface area contributed by atoms with Crippen LogP contribution in [0, 0.1) is 0 Å². The molecule has 2 rings (SSSR count). The molecule has 2 heterocycles. The Morgan fingerprint density at radius 2 is 2.30 bits per heavy atom. The number of thiazole rings is 1. The number of hydrogen-bond acceptors (Lipinski definition) is 6. The van der Waals surface area contributed by atoms with E-state index in [1.54, 1.807) is 47.7 Å². The van der Waals surface area contributed by atoms with Gasteiger partial charge in [0.1, 0.15) is 10.0 Å². The molecule has 1 amide bonds. The highest BCUT2D eigenvalue weighted by Crippen LogP contribution is 2.21. The molecule has 7 heteroatoms. The van der Waals surface area contributed by atoms with Crippen LogP contribution in [0.5, 0.6) is 0 Å². The van der Waals surface area contributed by atoms with Gasteiger partial charge < -0.3 is 4.90 Å². The maximum absolute atomic E-state index is 12.3. The fraction of sp³-hybridized carbons (Fsp3) is 0.385. The van der Waals surface area contributed by atoms with Crippen LogP contribution in [0.2, 0.25) is 0 Å². The summed E-state index contributed by atoms with van der Waals surface area (Å²) in [5, 5.41) is 1.81. The van der Waals surface area contributed by atoms with Gasteiger partial charge in [-0.1, -0.05) is 11.8 Å². The van der Waals surface area contributed by atoms with Crippen molar-refractivity contribution in [3.05, 3.63) is 35.4 Å². The van der Waals surface area contributed by atoms with Gasteiger partial charge in [0.05, 0.1) is 5.69 Å². The van der Waals surface area contributed by atoms with E-state index in [2.05, 4.69) is 15.0 Å². The van der Waals surface area contributed by atoms with Gasteiger partial charge in [-0.05, 0) is 13.2 Å². The third-order valence-corrected chi connectivity index (χ3v) is 4.84. The molecule has 106 valence electrons. The maximum atomic E-state index is 12.3. The summed E-state index contributed by atoms with van der Waals surface area (Å²) in [4.78, 5) is 26.6. The first-order valence-corrected chi connectivity index (χ1v) is 8.23. The van der Waals surface area contributed by atoms with E-state index in [0.29, 0.717) is 12.1 Å². The zero-order chi connectivity index (χ0) is 14.5. The molecule has 0 bridgehead atoms. The molecule has 0 fully saturated rings. The SMILES string of the molecule is CSc1nc(C(=O)N(C)[C@H](C)Cc2cnccn2)cs1. The normalized spacial score (nSPS) is 12.2. The molecule has 0 aromatic carbocycles. The smallest absolute Gasteiger partial charge is 0.273 e. The van der Waals surface area contributed by atoms with Crippen molar-refractivity contribution in [2.24, 2.45) is 0 Å². The zero-order valence-corrected chi connectivity index (χ0v) is 13.2. The van der Waals surface area contributed by atoms with E-state index in [1.165, 1.54) is 11.3 Å². The average molecular weight is 308 g/mol. The molecule has 0 aliphatic rings. The number of carbonyl (C=O) groups excluding carboxylic acids is 1. The molecule has 2 aromatic rings. The lowest BCUT2D eigenvalue weighted by Crippen LogP contribution is -2.36. The van der Waals surface area contributed by atoms with Crippen LogP contribution in [-0.4, -0.2) is 45.1 Å². The van der Waals surface area contributed by atoms with Gasteiger partial charge in [0.2, 0.25) is 0 Å². The third-order valence-electron chi connectivity index (χ3n) is 2.98. The van der Waals surface area contributed by atoms with E-state index in [-0.39, 0.29) is 11.9 Å². The summed E-state index contributed by atoms with van der Waals surface area (Å²) in [5.74, 6) is -0.0575. The predicted octanol–water partition coefficient (Wildman–Crippen LogP) is 2.36. The first-order chi connectivity index (χ1) is 9.61. The van der Waals surface area contributed by atoms with Crippen molar-refractivity contribution in [3.63, 3.8) is 0 Å². The molecule has 1 atom stereocenters. The Kier molecular flexibility index (Phi) is 5.08. The van der Waals surface area contributed by atoms with Gasteiger partial charge in [0.15, 0.2) is 0 Å². The number of nitrogens with zero attached hydrogens (tertiary/aromatic N) is 4. The number of rotatable bonds is 5. The number of aromatic nitrogens is 3. The number of amides is 1. The van der Waals surface area contributed by atoms with Crippen molar-refractivity contribution < 1.29 is 4.79 Å². The monoisotopic (exact) mass is 308 g/mol. The number of thioether (sulfide) groups is 1. The molecule has 0 aliphatic carbocycles. The van der Waals surface area contributed by atoms with Crippen molar-refractivity contribution in [2.75, 3.05) is 13.3 Å². The number of likely N-dealkylation sites (N-methyl/N-ethyl adjacent to an activating group) is 1. The van der Waals surface area contributed by atoms with Crippen LogP contribution in [0.3, 0.4) is 0 Å². The molecule has 5 nitrogen and oxygen atoms in total. The van der Waals surface area contributed by atoms with Crippen molar-refractivity contribution in [3.8, 4) is 0 Å². The molecule has 0 saturated carbocycles. The minimum absolute atomic E-state index is 0.0404. The first-order valence-electron chi connectivity index (χ1n) is 6.13. The van der Waals surface area contributed by atoms with Crippen LogP contribution in [0.1, 0.15) is 23.1 Å². The van der Waals surface area contributed by atoms with Gasteiger partial charge in [-0.2, -0.15) is 0 Å². The Bertz CT molecular complexity index is 573. The summed E-state index contributed by atoms with van der Waals surface area (Å²) in [6.07, 6.45) is 7.66. The second kappa shape index (κ2) is 6.81. The van der Waals surface area contributed by atoms with Crippen LogP contribution < -0.4 is 0 Å². The lowest BCUT2D eigenvalue weighted by Gasteiger charge is -2.23. The molecule has 0 N–H and O–H groups in total. The third kappa shape index (κ3) is 3.55. The van der Waals surface area contributed by atoms with E-state index in [1.807, 2.05) is 13.2 Å². The van der Waals surface area contributed by atoms with Crippen molar-refractivity contribution >= 4 is 29.0 Å². The van der Waals surface area contributed by atoms with Gasteiger partial charge in [-0.25, -0.2) is 4.98 Å². The molecular formula is C13H16N4OS2. The first kappa shape index (κ1) is 14.9. The van der Waals surface area contributed by atoms with Gasteiger partial charge in [-0.3, -0.25) is 14.8 Å². The van der Waals surface area contributed by atoms with Crippen molar-refractivity contribution in [1.82, 2.24) is 19.9 Å². The maximum Gasteiger partial charge on any atom is 0.273 e. The Morgan fingerprint density at radius 1 is 1.50 bits per heavy atom. The fourth-order valence-corrected chi connectivity index (χ4v) is 2.94. The summed E-state index contributed by atoms with van der Waals surface area (Å²) in [6, 6.07) is 0.0404. The molecule has 2 aromatic heterocycles. The highest BCUT2D eigenvalue weighted by atomic mass is 32.2. The Labute approximate surface area is 126 Å². The Balaban J connectivity index is 2.02. The Morgan fingerprint density at radius 3 is 2.90 bits per heavy atom. The van der Waals surface area contributed by atoms with Gasteiger partial charge in [0, 0.05) is 43.5 Å². The van der Waals surface area contributed by atoms with E-state index >= 15 is 0 Å². The van der Waals surface area contributed by atoms with E-state index < -0.39 is 0 Å². The standard InChI is InChI=1S/C13H16N4OS2/c1-9(6-10-7-14-4-5-15-10)17(2)12(18)11-8-20-13(16-11)19-3/h4-5,7-9H,6H2,1-3H3/t9-/m1/s1. The summed E-state index contributed by atoms with van der Waals surface area (Å²) in [5.41, 5.74) is 1.38. The molecule has 0 aliphatic heterocycles. The lowest BCUT2D eigenvalue weighted by atomic mass is 10.1. The lowest BCUT2D eigenvalue weighted by molar-refractivity contribution is 0.0737. The fourth-order valence-electron chi connectivity index (χ4n) is 1.71. The van der Waals surface area contributed by atoms with E-state index in [9.17, 15) is 4.79 Å². The highest BCUT2D eigenvalue weighted by Gasteiger charge is 2.20. The summed E-state index contributed by atoms with van der Waals surface area (Å²) in [7, 11) is 1.79. The minimum atomic E-state index is -0.0575. The van der Waals surface area contributed by atoms with Gasteiger partial charge in [0.25, 0.3) is 5.91 Å². The molecule has 0 unspecified atom stereocenters. The number of carbonyl (C=O) groups is 1. The van der Waals surface area contributed by atoms with Gasteiger partial charge >= 0.3 is 0 Å². The molecule has 0 spiro atoms.